The Kier molecular flexibility index (Phi) is 5.10. The number of rotatable bonds is 4. The number of fused-ring (bicyclic) bond motifs is 3. The Bertz CT molecular complexity index is 1630. The molecule has 0 fully saturated rings. The van der Waals surface area contributed by atoms with Gasteiger partial charge in [-0.2, -0.15) is 0 Å². The maximum Gasteiger partial charge on any atom is 0.336 e. The molecule has 0 aliphatic heterocycles. The van der Waals surface area contributed by atoms with Crippen LogP contribution in [-0.4, -0.2) is 20.8 Å². The molecule has 5 aromatic rings. The van der Waals surface area contributed by atoms with Crippen molar-refractivity contribution in [3.63, 3.8) is 0 Å². The molecular formula is C26H22ClN3O3. The molecule has 0 saturated carbocycles. The number of hydrogen-bond acceptors (Lipinski definition) is 3. The Balaban J connectivity index is 1.92. The molecule has 5 rings (SSSR count). The number of ether oxygens (including phenoxy) is 1. The lowest BCUT2D eigenvalue weighted by atomic mass is 10.2. The SMILES string of the molecule is COc1ccc2c(c1)c1c(c(=O)n(-c3ccc(C)cc3)c(=O)n1Cc1ccc(Cl)cc1)n2C. The predicted molar refractivity (Wildman–Crippen MR) is 132 cm³/mol. The van der Waals surface area contributed by atoms with Crippen LogP contribution in [0.2, 0.25) is 5.02 Å². The van der Waals surface area contributed by atoms with Gasteiger partial charge in [-0.1, -0.05) is 41.4 Å². The van der Waals surface area contributed by atoms with Crippen molar-refractivity contribution < 1.29 is 4.74 Å². The summed E-state index contributed by atoms with van der Waals surface area (Å²) in [6, 6.07) is 20.3. The van der Waals surface area contributed by atoms with E-state index in [2.05, 4.69) is 0 Å². The molecule has 6 nitrogen and oxygen atoms in total. The van der Waals surface area contributed by atoms with Crippen LogP contribution in [0.1, 0.15) is 11.1 Å². The van der Waals surface area contributed by atoms with Crippen LogP contribution in [-0.2, 0) is 13.6 Å². The van der Waals surface area contributed by atoms with E-state index in [9.17, 15) is 9.59 Å². The number of halogens is 1. The monoisotopic (exact) mass is 459 g/mol. The molecular weight excluding hydrogens is 438 g/mol. The van der Waals surface area contributed by atoms with Crippen LogP contribution in [0, 0.1) is 6.92 Å². The third-order valence-electron chi connectivity index (χ3n) is 6.02. The van der Waals surface area contributed by atoms with E-state index >= 15 is 0 Å². The maximum absolute atomic E-state index is 13.8. The molecule has 0 N–H and O–H groups in total. The molecule has 0 amide bonds. The van der Waals surface area contributed by atoms with Crippen LogP contribution in [0.4, 0.5) is 0 Å². The molecule has 7 heteroatoms. The van der Waals surface area contributed by atoms with Crippen LogP contribution in [0.25, 0.3) is 27.6 Å². The normalized spacial score (nSPS) is 11.4. The lowest BCUT2D eigenvalue weighted by molar-refractivity contribution is 0.415. The van der Waals surface area contributed by atoms with Gasteiger partial charge in [-0.25, -0.2) is 9.36 Å². The highest BCUT2D eigenvalue weighted by atomic mass is 35.5. The summed E-state index contributed by atoms with van der Waals surface area (Å²) in [5.41, 5.74) is 3.60. The van der Waals surface area contributed by atoms with Crippen molar-refractivity contribution in [3.05, 3.63) is 104 Å². The Labute approximate surface area is 194 Å². The summed E-state index contributed by atoms with van der Waals surface area (Å²) in [5, 5.41) is 1.40. The van der Waals surface area contributed by atoms with Gasteiger partial charge in [0.15, 0.2) is 0 Å². The zero-order valence-electron chi connectivity index (χ0n) is 18.5. The lowest BCUT2D eigenvalue weighted by Crippen LogP contribution is -2.39. The smallest absolute Gasteiger partial charge is 0.336 e. The lowest BCUT2D eigenvalue weighted by Gasteiger charge is -2.14. The molecule has 0 atom stereocenters. The molecule has 0 unspecified atom stereocenters. The van der Waals surface area contributed by atoms with Gasteiger partial charge in [0.2, 0.25) is 0 Å². The zero-order valence-corrected chi connectivity index (χ0v) is 19.3. The number of aryl methyl sites for hydroxylation is 2. The predicted octanol–water partition coefficient (Wildman–Crippen LogP) is 4.66. The minimum atomic E-state index is -0.401. The van der Waals surface area contributed by atoms with Crippen molar-refractivity contribution in [2.75, 3.05) is 7.11 Å². The third kappa shape index (κ3) is 3.43. The standard InChI is InChI=1S/C26H22ClN3O3/c1-16-4-10-19(11-5-16)30-25(31)24-23(21-14-20(33-3)12-13-22(21)28(24)2)29(26(30)32)15-17-6-8-18(27)9-7-17/h4-14H,15H2,1-3H3. The molecule has 0 bridgehead atoms. The van der Waals surface area contributed by atoms with Gasteiger partial charge in [-0.05, 0) is 55.0 Å². The summed E-state index contributed by atoms with van der Waals surface area (Å²) in [5.74, 6) is 0.656. The van der Waals surface area contributed by atoms with Crippen LogP contribution in [0.5, 0.6) is 5.75 Å². The van der Waals surface area contributed by atoms with Gasteiger partial charge in [-0.3, -0.25) is 9.36 Å². The molecule has 0 aliphatic carbocycles. The van der Waals surface area contributed by atoms with Crippen molar-refractivity contribution >= 4 is 33.5 Å². The van der Waals surface area contributed by atoms with Crippen LogP contribution in [0.15, 0.2) is 76.3 Å². The van der Waals surface area contributed by atoms with Gasteiger partial charge in [0.05, 0.1) is 30.4 Å². The van der Waals surface area contributed by atoms with E-state index in [4.69, 9.17) is 16.3 Å². The van der Waals surface area contributed by atoms with E-state index in [1.807, 2.05) is 61.0 Å². The molecule has 0 aliphatic rings. The third-order valence-corrected chi connectivity index (χ3v) is 6.28. The molecule has 0 radical (unpaired) electrons. The first-order valence-corrected chi connectivity index (χ1v) is 10.9. The average Bonchev–Trinajstić information content (AvgIpc) is 3.11. The molecule has 0 spiro atoms. The van der Waals surface area contributed by atoms with Crippen molar-refractivity contribution in [2.45, 2.75) is 13.5 Å². The average molecular weight is 460 g/mol. The van der Waals surface area contributed by atoms with E-state index in [0.717, 1.165) is 22.0 Å². The summed E-state index contributed by atoms with van der Waals surface area (Å²) in [6.07, 6.45) is 0. The summed E-state index contributed by atoms with van der Waals surface area (Å²) >= 11 is 6.06. The van der Waals surface area contributed by atoms with Crippen molar-refractivity contribution in [1.29, 1.82) is 0 Å². The first-order valence-electron chi connectivity index (χ1n) is 10.5. The molecule has 2 heterocycles. The van der Waals surface area contributed by atoms with Gasteiger partial charge >= 0.3 is 5.69 Å². The van der Waals surface area contributed by atoms with Gasteiger partial charge in [0.1, 0.15) is 11.3 Å². The van der Waals surface area contributed by atoms with Crippen molar-refractivity contribution in [2.24, 2.45) is 7.05 Å². The fourth-order valence-electron chi connectivity index (χ4n) is 4.30. The number of benzene rings is 3. The summed E-state index contributed by atoms with van der Waals surface area (Å²) < 4.78 is 10.2. The highest BCUT2D eigenvalue weighted by Crippen LogP contribution is 2.29. The van der Waals surface area contributed by atoms with Crippen LogP contribution < -0.4 is 16.0 Å². The number of methoxy groups -OCH3 is 1. The Hall–Kier alpha value is -3.77. The van der Waals surface area contributed by atoms with Crippen LogP contribution >= 0.6 is 11.6 Å². The minimum absolute atomic E-state index is 0.287. The van der Waals surface area contributed by atoms with E-state index < -0.39 is 5.69 Å². The number of nitrogens with zero attached hydrogens (tertiary/aromatic N) is 3. The van der Waals surface area contributed by atoms with Gasteiger partial charge in [-0.15, -0.1) is 0 Å². The quantitative estimate of drug-likeness (QED) is 0.392. The Morgan fingerprint density at radius 1 is 0.909 bits per heavy atom. The van der Waals surface area contributed by atoms with E-state index in [0.29, 0.717) is 27.5 Å². The Morgan fingerprint density at radius 2 is 1.61 bits per heavy atom. The zero-order chi connectivity index (χ0) is 23.3. The summed E-state index contributed by atoms with van der Waals surface area (Å²) in [4.78, 5) is 27.5. The molecule has 166 valence electrons. The summed E-state index contributed by atoms with van der Waals surface area (Å²) in [7, 11) is 3.44. The van der Waals surface area contributed by atoms with Crippen molar-refractivity contribution in [3.8, 4) is 11.4 Å². The molecule has 3 aromatic carbocycles. The van der Waals surface area contributed by atoms with Gasteiger partial charge in [0.25, 0.3) is 5.56 Å². The fraction of sp³-hybridized carbons (Fsp3) is 0.154. The van der Waals surface area contributed by atoms with Crippen LogP contribution in [0.3, 0.4) is 0 Å². The minimum Gasteiger partial charge on any atom is -0.497 e. The molecule has 2 aromatic heterocycles. The molecule has 0 saturated heterocycles. The first kappa shape index (κ1) is 21.1. The largest absolute Gasteiger partial charge is 0.497 e. The Morgan fingerprint density at radius 3 is 2.27 bits per heavy atom. The van der Waals surface area contributed by atoms with Gasteiger partial charge in [0, 0.05) is 17.5 Å². The maximum atomic E-state index is 13.8. The topological polar surface area (TPSA) is 58.2 Å². The number of hydrogen-bond donors (Lipinski definition) is 0. The second kappa shape index (κ2) is 7.98. The second-order valence-electron chi connectivity index (χ2n) is 8.11. The highest BCUT2D eigenvalue weighted by Gasteiger charge is 2.21. The highest BCUT2D eigenvalue weighted by molar-refractivity contribution is 6.30. The molecule has 33 heavy (non-hydrogen) atoms. The van der Waals surface area contributed by atoms with E-state index in [1.54, 1.807) is 35.9 Å². The van der Waals surface area contributed by atoms with Gasteiger partial charge < -0.3 is 9.30 Å². The summed E-state index contributed by atoms with van der Waals surface area (Å²) in [6.45, 7) is 2.25. The second-order valence-corrected chi connectivity index (χ2v) is 8.55. The van der Waals surface area contributed by atoms with Crippen molar-refractivity contribution in [1.82, 2.24) is 13.7 Å². The van der Waals surface area contributed by atoms with E-state index in [-0.39, 0.29) is 12.1 Å². The number of aromatic nitrogens is 3. The first-order chi connectivity index (χ1) is 15.9. The fourth-order valence-corrected chi connectivity index (χ4v) is 4.42. The van der Waals surface area contributed by atoms with E-state index in [1.165, 1.54) is 4.57 Å².